The van der Waals surface area contributed by atoms with Crippen LogP contribution in [0, 0.1) is 6.92 Å². The number of hydrogen-bond donors (Lipinski definition) is 1. The van der Waals surface area contributed by atoms with E-state index in [1.165, 1.54) is 7.11 Å². The van der Waals surface area contributed by atoms with Crippen LogP contribution in [0.3, 0.4) is 0 Å². The van der Waals surface area contributed by atoms with Gasteiger partial charge in [0.05, 0.1) is 7.11 Å². The molecular formula is C10H13NO3. The van der Waals surface area contributed by atoms with Gasteiger partial charge in [-0.15, -0.1) is 0 Å². The van der Waals surface area contributed by atoms with Gasteiger partial charge in [-0.05, 0) is 18.9 Å². The van der Waals surface area contributed by atoms with Crippen LogP contribution in [0.25, 0.3) is 0 Å². The average Bonchev–Trinajstić information content (AvgIpc) is 2.53. The van der Waals surface area contributed by atoms with Gasteiger partial charge in [-0.2, -0.15) is 0 Å². The van der Waals surface area contributed by atoms with Crippen LogP contribution in [0.5, 0.6) is 0 Å². The zero-order valence-electron chi connectivity index (χ0n) is 8.51. The number of hydrogen-bond acceptors (Lipinski definition) is 3. The normalized spacial score (nSPS) is 9.93. The molecule has 14 heavy (non-hydrogen) atoms. The molecule has 0 amide bonds. The summed E-state index contributed by atoms with van der Waals surface area (Å²) in [4.78, 5) is 24.9. The molecular weight excluding hydrogens is 182 g/mol. The molecule has 0 saturated heterocycles. The third-order valence-corrected chi connectivity index (χ3v) is 2.26. The number of aromatic amines is 1. The molecule has 0 aliphatic heterocycles. The van der Waals surface area contributed by atoms with Crippen LogP contribution in [-0.4, -0.2) is 24.3 Å². The standard InChI is InChI=1S/C10H13NO3/c1-4-8-6(2)7(5-12)9(11-8)10(13)14-3/h5,11H,4H2,1-3H3. The number of methoxy groups -OCH3 is 1. The maximum Gasteiger partial charge on any atom is 0.355 e. The van der Waals surface area contributed by atoms with Crippen molar-refractivity contribution in [2.75, 3.05) is 7.11 Å². The Morgan fingerprint density at radius 3 is 2.64 bits per heavy atom. The van der Waals surface area contributed by atoms with Crippen molar-refractivity contribution in [3.05, 3.63) is 22.5 Å². The highest BCUT2D eigenvalue weighted by Gasteiger charge is 2.18. The number of aryl methyl sites for hydroxylation is 1. The van der Waals surface area contributed by atoms with E-state index in [9.17, 15) is 9.59 Å². The first kappa shape index (κ1) is 10.5. The third-order valence-electron chi connectivity index (χ3n) is 2.26. The van der Waals surface area contributed by atoms with Gasteiger partial charge < -0.3 is 9.72 Å². The van der Waals surface area contributed by atoms with Crippen molar-refractivity contribution in [1.82, 2.24) is 4.98 Å². The summed E-state index contributed by atoms with van der Waals surface area (Å²) in [6.07, 6.45) is 1.43. The van der Waals surface area contributed by atoms with E-state index in [0.717, 1.165) is 17.7 Å². The summed E-state index contributed by atoms with van der Waals surface area (Å²) in [5.74, 6) is -0.505. The second-order valence-electron chi connectivity index (χ2n) is 2.98. The highest BCUT2D eigenvalue weighted by atomic mass is 16.5. The average molecular weight is 195 g/mol. The van der Waals surface area contributed by atoms with E-state index in [1.54, 1.807) is 0 Å². The molecule has 1 N–H and O–H groups in total. The lowest BCUT2D eigenvalue weighted by Gasteiger charge is -1.95. The maximum absolute atomic E-state index is 11.3. The van der Waals surface area contributed by atoms with Crippen LogP contribution >= 0.6 is 0 Å². The fourth-order valence-electron chi connectivity index (χ4n) is 1.43. The number of nitrogens with one attached hydrogen (secondary N) is 1. The van der Waals surface area contributed by atoms with Gasteiger partial charge in [0.2, 0.25) is 0 Å². The first-order valence-electron chi connectivity index (χ1n) is 4.40. The summed E-state index contributed by atoms with van der Waals surface area (Å²) in [5.41, 5.74) is 2.36. The molecule has 0 fully saturated rings. The van der Waals surface area contributed by atoms with Crippen LogP contribution in [0.15, 0.2) is 0 Å². The van der Waals surface area contributed by atoms with E-state index < -0.39 is 5.97 Å². The van der Waals surface area contributed by atoms with E-state index >= 15 is 0 Å². The number of carbonyl (C=O) groups excluding carboxylic acids is 2. The summed E-state index contributed by atoms with van der Waals surface area (Å²) in [7, 11) is 1.29. The first-order chi connectivity index (χ1) is 6.65. The Kier molecular flexibility index (Phi) is 3.06. The Morgan fingerprint density at radius 1 is 1.57 bits per heavy atom. The lowest BCUT2D eigenvalue weighted by Crippen LogP contribution is -2.04. The minimum atomic E-state index is -0.505. The number of aromatic nitrogens is 1. The second-order valence-corrected chi connectivity index (χ2v) is 2.98. The quantitative estimate of drug-likeness (QED) is 0.587. The van der Waals surface area contributed by atoms with Crippen molar-refractivity contribution in [3.8, 4) is 0 Å². The van der Waals surface area contributed by atoms with Crippen LogP contribution < -0.4 is 0 Å². The minimum Gasteiger partial charge on any atom is -0.464 e. The Morgan fingerprint density at radius 2 is 2.21 bits per heavy atom. The molecule has 0 bridgehead atoms. The van der Waals surface area contributed by atoms with Gasteiger partial charge in [0.15, 0.2) is 6.29 Å². The van der Waals surface area contributed by atoms with Crippen molar-refractivity contribution in [2.24, 2.45) is 0 Å². The molecule has 4 heteroatoms. The number of ether oxygens (including phenoxy) is 1. The zero-order valence-corrected chi connectivity index (χ0v) is 8.51. The van der Waals surface area contributed by atoms with E-state index in [-0.39, 0.29) is 5.69 Å². The van der Waals surface area contributed by atoms with Crippen molar-refractivity contribution < 1.29 is 14.3 Å². The molecule has 0 atom stereocenters. The predicted octanol–water partition coefficient (Wildman–Crippen LogP) is 1.48. The largest absolute Gasteiger partial charge is 0.464 e. The Hall–Kier alpha value is -1.58. The first-order valence-corrected chi connectivity index (χ1v) is 4.40. The van der Waals surface area contributed by atoms with Crippen LogP contribution in [0.1, 0.15) is 39.0 Å². The van der Waals surface area contributed by atoms with Crippen molar-refractivity contribution in [3.63, 3.8) is 0 Å². The molecule has 0 spiro atoms. The maximum atomic E-state index is 11.3. The molecule has 1 aromatic heterocycles. The summed E-state index contributed by atoms with van der Waals surface area (Å²) in [5, 5.41) is 0. The van der Waals surface area contributed by atoms with Crippen molar-refractivity contribution in [1.29, 1.82) is 0 Å². The Bertz CT molecular complexity index is 366. The lowest BCUT2D eigenvalue weighted by molar-refractivity contribution is 0.0592. The lowest BCUT2D eigenvalue weighted by atomic mass is 10.1. The second kappa shape index (κ2) is 4.09. The Balaban J connectivity index is 3.29. The summed E-state index contributed by atoms with van der Waals surface area (Å²) in [6.45, 7) is 3.76. The van der Waals surface area contributed by atoms with Crippen molar-refractivity contribution in [2.45, 2.75) is 20.3 Å². The topological polar surface area (TPSA) is 59.2 Å². The molecule has 76 valence electrons. The van der Waals surface area contributed by atoms with Gasteiger partial charge in [-0.3, -0.25) is 4.79 Å². The predicted molar refractivity (Wildman–Crippen MR) is 51.6 cm³/mol. The van der Waals surface area contributed by atoms with Crippen molar-refractivity contribution >= 4 is 12.3 Å². The monoisotopic (exact) mass is 195 g/mol. The van der Waals surface area contributed by atoms with E-state index in [2.05, 4.69) is 9.72 Å². The van der Waals surface area contributed by atoms with Gasteiger partial charge in [-0.1, -0.05) is 6.92 Å². The smallest absolute Gasteiger partial charge is 0.355 e. The fourth-order valence-corrected chi connectivity index (χ4v) is 1.43. The number of rotatable bonds is 3. The van der Waals surface area contributed by atoms with Crippen LogP contribution in [0.2, 0.25) is 0 Å². The van der Waals surface area contributed by atoms with Crippen LogP contribution in [0.4, 0.5) is 0 Å². The molecule has 4 nitrogen and oxygen atoms in total. The highest BCUT2D eigenvalue weighted by molar-refractivity contribution is 5.98. The van der Waals surface area contributed by atoms with Gasteiger partial charge in [0.1, 0.15) is 5.69 Å². The minimum absolute atomic E-state index is 0.247. The van der Waals surface area contributed by atoms with E-state index in [0.29, 0.717) is 11.8 Å². The molecule has 0 aliphatic rings. The summed E-state index contributed by atoms with van der Waals surface area (Å²) >= 11 is 0. The Labute approximate surface area is 82.3 Å². The van der Waals surface area contributed by atoms with Gasteiger partial charge in [0.25, 0.3) is 0 Å². The number of aldehydes is 1. The highest BCUT2D eigenvalue weighted by Crippen LogP contribution is 2.17. The molecule has 1 heterocycles. The SMILES string of the molecule is CCc1[nH]c(C(=O)OC)c(C=O)c1C. The van der Waals surface area contributed by atoms with Gasteiger partial charge in [-0.25, -0.2) is 4.79 Å². The molecule has 0 radical (unpaired) electrons. The molecule has 0 unspecified atom stereocenters. The third kappa shape index (κ3) is 1.55. The number of carbonyl (C=O) groups is 2. The summed E-state index contributed by atoms with van der Waals surface area (Å²) < 4.78 is 4.56. The van der Waals surface area contributed by atoms with E-state index in [1.807, 2.05) is 13.8 Å². The molecule has 0 aromatic carbocycles. The van der Waals surface area contributed by atoms with Gasteiger partial charge >= 0.3 is 5.97 Å². The van der Waals surface area contributed by atoms with Gasteiger partial charge in [0, 0.05) is 11.3 Å². The number of esters is 1. The zero-order chi connectivity index (χ0) is 10.7. The fraction of sp³-hybridized carbons (Fsp3) is 0.400. The molecule has 1 rings (SSSR count). The molecule has 0 aliphatic carbocycles. The molecule has 0 saturated carbocycles. The van der Waals surface area contributed by atoms with E-state index in [4.69, 9.17) is 0 Å². The number of H-pyrrole nitrogens is 1. The molecule has 1 aromatic rings. The van der Waals surface area contributed by atoms with Crippen LogP contribution in [-0.2, 0) is 11.2 Å². The summed E-state index contributed by atoms with van der Waals surface area (Å²) in [6, 6.07) is 0.